The first-order chi connectivity index (χ1) is 9.47. The standard InChI is InChI=1S/C15H12Cl2O3/c16-13-6-3-10(8-14(13)17)12(15(19)20)7-9-1-4-11(18)5-2-9/h1-6,8,12,18H,7H2,(H,19,20). The Bertz CT molecular complexity index is 624. The Hall–Kier alpha value is -1.71. The van der Waals surface area contributed by atoms with Crippen LogP contribution >= 0.6 is 23.2 Å². The Morgan fingerprint density at radius 3 is 2.25 bits per heavy atom. The van der Waals surface area contributed by atoms with Crippen LogP contribution in [0.15, 0.2) is 42.5 Å². The average Bonchev–Trinajstić information content (AvgIpc) is 2.41. The molecular weight excluding hydrogens is 299 g/mol. The minimum absolute atomic E-state index is 0.148. The highest BCUT2D eigenvalue weighted by Crippen LogP contribution is 2.29. The zero-order valence-corrected chi connectivity index (χ0v) is 11.9. The predicted octanol–water partition coefficient (Wildman–Crippen LogP) is 4.11. The lowest BCUT2D eigenvalue weighted by molar-refractivity contribution is -0.138. The second-order valence-corrected chi connectivity index (χ2v) is 5.25. The number of phenols is 1. The summed E-state index contributed by atoms with van der Waals surface area (Å²) in [5.41, 5.74) is 1.42. The van der Waals surface area contributed by atoms with E-state index in [9.17, 15) is 15.0 Å². The third-order valence-electron chi connectivity index (χ3n) is 3.02. The molecule has 0 bridgehead atoms. The molecule has 0 aliphatic heterocycles. The van der Waals surface area contributed by atoms with Gasteiger partial charge in [0.2, 0.25) is 0 Å². The molecule has 0 aliphatic rings. The van der Waals surface area contributed by atoms with E-state index in [1.165, 1.54) is 12.1 Å². The molecule has 1 unspecified atom stereocenters. The maximum Gasteiger partial charge on any atom is 0.311 e. The molecule has 0 fully saturated rings. The van der Waals surface area contributed by atoms with Gasteiger partial charge in [-0.15, -0.1) is 0 Å². The molecule has 1 atom stereocenters. The van der Waals surface area contributed by atoms with Crippen LogP contribution in [-0.4, -0.2) is 16.2 Å². The fourth-order valence-corrected chi connectivity index (χ4v) is 2.25. The second kappa shape index (κ2) is 6.16. The highest BCUT2D eigenvalue weighted by Gasteiger charge is 2.21. The summed E-state index contributed by atoms with van der Waals surface area (Å²) in [6, 6.07) is 11.3. The first-order valence-corrected chi connectivity index (χ1v) is 6.68. The second-order valence-electron chi connectivity index (χ2n) is 4.43. The van der Waals surface area contributed by atoms with Gasteiger partial charge in [-0.1, -0.05) is 41.4 Å². The van der Waals surface area contributed by atoms with Gasteiger partial charge in [-0.3, -0.25) is 4.79 Å². The molecule has 20 heavy (non-hydrogen) atoms. The zero-order valence-electron chi connectivity index (χ0n) is 10.4. The van der Waals surface area contributed by atoms with Gasteiger partial charge >= 0.3 is 5.97 Å². The SMILES string of the molecule is O=C(O)C(Cc1ccc(O)cc1)c1ccc(Cl)c(Cl)c1. The summed E-state index contributed by atoms with van der Waals surface area (Å²) >= 11 is 11.8. The number of rotatable bonds is 4. The van der Waals surface area contributed by atoms with E-state index in [1.807, 2.05) is 0 Å². The molecule has 0 heterocycles. The van der Waals surface area contributed by atoms with Crippen molar-refractivity contribution in [3.05, 3.63) is 63.6 Å². The average molecular weight is 311 g/mol. The monoisotopic (exact) mass is 310 g/mol. The summed E-state index contributed by atoms with van der Waals surface area (Å²) in [6.07, 6.45) is 0.313. The highest BCUT2D eigenvalue weighted by molar-refractivity contribution is 6.42. The summed E-state index contributed by atoms with van der Waals surface area (Å²) in [4.78, 5) is 11.4. The van der Waals surface area contributed by atoms with Crippen LogP contribution < -0.4 is 0 Å². The molecule has 2 N–H and O–H groups in total. The van der Waals surface area contributed by atoms with Gasteiger partial charge < -0.3 is 10.2 Å². The smallest absolute Gasteiger partial charge is 0.311 e. The number of hydrogen-bond acceptors (Lipinski definition) is 2. The topological polar surface area (TPSA) is 57.5 Å². The van der Waals surface area contributed by atoms with Crippen LogP contribution in [-0.2, 0) is 11.2 Å². The molecule has 0 radical (unpaired) electrons. The van der Waals surface area contributed by atoms with E-state index >= 15 is 0 Å². The third-order valence-corrected chi connectivity index (χ3v) is 3.76. The minimum atomic E-state index is -0.934. The molecule has 5 heteroatoms. The van der Waals surface area contributed by atoms with Crippen molar-refractivity contribution in [2.24, 2.45) is 0 Å². The molecule has 2 rings (SSSR count). The Kier molecular flexibility index (Phi) is 4.53. The molecule has 0 aliphatic carbocycles. The molecule has 2 aromatic rings. The molecule has 0 aromatic heterocycles. The lowest BCUT2D eigenvalue weighted by Crippen LogP contribution is -2.14. The molecule has 0 saturated heterocycles. The number of halogens is 2. The molecule has 3 nitrogen and oxygen atoms in total. The summed E-state index contributed by atoms with van der Waals surface area (Å²) in [5.74, 6) is -1.50. The van der Waals surface area contributed by atoms with Gasteiger partial charge in [-0.2, -0.15) is 0 Å². The summed E-state index contributed by atoms with van der Waals surface area (Å²) in [7, 11) is 0. The van der Waals surface area contributed by atoms with E-state index in [4.69, 9.17) is 23.2 Å². The minimum Gasteiger partial charge on any atom is -0.508 e. The van der Waals surface area contributed by atoms with Crippen LogP contribution in [0.2, 0.25) is 10.0 Å². The molecule has 2 aromatic carbocycles. The maximum atomic E-state index is 11.4. The Morgan fingerprint density at radius 2 is 1.70 bits per heavy atom. The normalized spacial score (nSPS) is 12.1. The molecule has 0 amide bonds. The fraction of sp³-hybridized carbons (Fsp3) is 0.133. The number of benzene rings is 2. The highest BCUT2D eigenvalue weighted by atomic mass is 35.5. The van der Waals surface area contributed by atoms with Crippen molar-refractivity contribution in [3.63, 3.8) is 0 Å². The Labute approximate surface area is 126 Å². The molecule has 104 valence electrons. The maximum absolute atomic E-state index is 11.4. The number of aliphatic carboxylic acids is 1. The van der Waals surface area contributed by atoms with Crippen LogP contribution in [0.4, 0.5) is 0 Å². The van der Waals surface area contributed by atoms with Gasteiger partial charge in [0.15, 0.2) is 0 Å². The van der Waals surface area contributed by atoms with Crippen LogP contribution in [0.1, 0.15) is 17.0 Å². The summed E-state index contributed by atoms with van der Waals surface area (Å²) in [5, 5.41) is 19.3. The van der Waals surface area contributed by atoms with Crippen molar-refractivity contribution in [3.8, 4) is 5.75 Å². The third kappa shape index (κ3) is 3.44. The van der Waals surface area contributed by atoms with Crippen molar-refractivity contribution in [2.75, 3.05) is 0 Å². The quantitative estimate of drug-likeness (QED) is 0.893. The van der Waals surface area contributed by atoms with Gasteiger partial charge in [0.25, 0.3) is 0 Å². The van der Waals surface area contributed by atoms with E-state index in [0.717, 1.165) is 5.56 Å². The van der Waals surface area contributed by atoms with E-state index in [-0.39, 0.29) is 5.75 Å². The molecular formula is C15H12Cl2O3. The van der Waals surface area contributed by atoms with E-state index < -0.39 is 11.9 Å². The van der Waals surface area contributed by atoms with E-state index in [2.05, 4.69) is 0 Å². The van der Waals surface area contributed by atoms with Crippen LogP contribution in [0, 0.1) is 0 Å². The number of phenolic OH excluding ortho intramolecular Hbond substituents is 1. The van der Waals surface area contributed by atoms with Crippen molar-refractivity contribution in [2.45, 2.75) is 12.3 Å². The van der Waals surface area contributed by atoms with E-state index in [1.54, 1.807) is 30.3 Å². The van der Waals surface area contributed by atoms with Gasteiger partial charge in [-0.25, -0.2) is 0 Å². The molecule has 0 saturated carbocycles. The van der Waals surface area contributed by atoms with Crippen molar-refractivity contribution in [1.29, 1.82) is 0 Å². The van der Waals surface area contributed by atoms with Crippen LogP contribution in [0.5, 0.6) is 5.75 Å². The number of hydrogen-bond donors (Lipinski definition) is 2. The first kappa shape index (κ1) is 14.7. The van der Waals surface area contributed by atoms with Gasteiger partial charge in [0.1, 0.15) is 5.75 Å². The summed E-state index contributed by atoms with van der Waals surface area (Å²) < 4.78 is 0. The van der Waals surface area contributed by atoms with Gasteiger partial charge in [0, 0.05) is 0 Å². The number of aromatic hydroxyl groups is 1. The Morgan fingerprint density at radius 1 is 1.05 bits per heavy atom. The van der Waals surface area contributed by atoms with Crippen molar-refractivity contribution in [1.82, 2.24) is 0 Å². The first-order valence-electron chi connectivity index (χ1n) is 5.93. The molecule has 0 spiro atoms. The van der Waals surface area contributed by atoms with Crippen LogP contribution in [0.25, 0.3) is 0 Å². The Balaban J connectivity index is 2.29. The number of carbonyl (C=O) groups is 1. The van der Waals surface area contributed by atoms with E-state index in [0.29, 0.717) is 22.0 Å². The van der Waals surface area contributed by atoms with Gasteiger partial charge in [0.05, 0.1) is 16.0 Å². The summed E-state index contributed by atoms with van der Waals surface area (Å²) in [6.45, 7) is 0. The van der Waals surface area contributed by atoms with Crippen molar-refractivity contribution >= 4 is 29.2 Å². The number of carboxylic acids is 1. The largest absolute Gasteiger partial charge is 0.508 e. The van der Waals surface area contributed by atoms with Gasteiger partial charge in [-0.05, 0) is 41.8 Å². The lowest BCUT2D eigenvalue weighted by Gasteiger charge is -2.13. The zero-order chi connectivity index (χ0) is 14.7. The predicted molar refractivity (Wildman–Crippen MR) is 78.6 cm³/mol. The fourth-order valence-electron chi connectivity index (χ4n) is 1.94. The number of carboxylic acid groups (broad SMARTS) is 1. The lowest BCUT2D eigenvalue weighted by atomic mass is 9.92. The van der Waals surface area contributed by atoms with Crippen molar-refractivity contribution < 1.29 is 15.0 Å². The van der Waals surface area contributed by atoms with Crippen LogP contribution in [0.3, 0.4) is 0 Å².